The lowest BCUT2D eigenvalue weighted by atomic mass is 9.94. The smallest absolute Gasteiger partial charge is 0.273 e. The van der Waals surface area contributed by atoms with Gasteiger partial charge in [-0.05, 0) is 25.9 Å². The van der Waals surface area contributed by atoms with Gasteiger partial charge < -0.3 is 21.3 Å². The zero-order valence-electron chi connectivity index (χ0n) is 15.3. The van der Waals surface area contributed by atoms with Gasteiger partial charge in [0.2, 0.25) is 0 Å². The highest BCUT2D eigenvalue weighted by Crippen LogP contribution is 2.25. The Labute approximate surface area is 161 Å². The third-order valence-electron chi connectivity index (χ3n) is 4.35. The molecule has 1 saturated heterocycles. The fourth-order valence-electron chi connectivity index (χ4n) is 2.76. The minimum atomic E-state index is -1.36. The summed E-state index contributed by atoms with van der Waals surface area (Å²) in [5, 5.41) is 28.2. The predicted octanol–water partition coefficient (Wildman–Crippen LogP) is 0.745. The van der Waals surface area contributed by atoms with Crippen LogP contribution in [0.25, 0.3) is 0 Å². The van der Waals surface area contributed by atoms with Gasteiger partial charge in [0.05, 0.1) is 18.1 Å². The molecule has 2 aromatic rings. The van der Waals surface area contributed by atoms with Crippen molar-refractivity contribution in [3.8, 4) is 6.07 Å². The molecule has 0 atom stereocenters. The number of halogens is 1. The van der Waals surface area contributed by atoms with Crippen LogP contribution in [0.5, 0.6) is 0 Å². The van der Waals surface area contributed by atoms with Gasteiger partial charge in [-0.1, -0.05) is 0 Å². The molecule has 28 heavy (non-hydrogen) atoms. The molecule has 1 aliphatic heterocycles. The van der Waals surface area contributed by atoms with E-state index < -0.39 is 11.6 Å². The topological polar surface area (TPSA) is 141 Å². The maximum Gasteiger partial charge on any atom is 0.273 e. The second kappa shape index (κ2) is 8.53. The zero-order chi connectivity index (χ0) is 20.0. The Morgan fingerprint density at radius 3 is 2.71 bits per heavy atom. The van der Waals surface area contributed by atoms with Crippen molar-refractivity contribution in [2.75, 3.05) is 37.3 Å². The van der Waals surface area contributed by atoms with E-state index in [9.17, 15) is 9.18 Å². The van der Waals surface area contributed by atoms with Crippen molar-refractivity contribution in [1.82, 2.24) is 30.8 Å². The van der Waals surface area contributed by atoms with E-state index >= 15 is 0 Å². The van der Waals surface area contributed by atoms with Gasteiger partial charge in [-0.2, -0.15) is 5.26 Å². The molecular formula is C17H20FN9O. The van der Waals surface area contributed by atoms with E-state index in [1.807, 2.05) is 6.07 Å². The van der Waals surface area contributed by atoms with E-state index in [0.717, 1.165) is 0 Å². The molecule has 0 bridgehead atoms. The van der Waals surface area contributed by atoms with Crippen molar-refractivity contribution in [2.45, 2.75) is 18.5 Å². The van der Waals surface area contributed by atoms with E-state index in [4.69, 9.17) is 5.26 Å². The van der Waals surface area contributed by atoms with Crippen LogP contribution < -0.4 is 21.3 Å². The Morgan fingerprint density at radius 2 is 2.07 bits per heavy atom. The highest BCUT2D eigenvalue weighted by Gasteiger charge is 2.32. The minimum absolute atomic E-state index is 0.0560. The number of aromatic nitrogens is 4. The quantitative estimate of drug-likeness (QED) is 0.567. The Balaban J connectivity index is 1.79. The first-order valence-electron chi connectivity index (χ1n) is 8.75. The van der Waals surface area contributed by atoms with Crippen molar-refractivity contribution in [1.29, 1.82) is 5.26 Å². The molecule has 1 fully saturated rings. The average Bonchev–Trinajstić information content (AvgIpc) is 2.73. The van der Waals surface area contributed by atoms with Gasteiger partial charge in [0.25, 0.3) is 5.91 Å². The largest absolute Gasteiger partial charge is 0.380 e. The Morgan fingerprint density at radius 1 is 1.29 bits per heavy atom. The summed E-state index contributed by atoms with van der Waals surface area (Å²) in [6.07, 6.45) is 3.48. The standard InChI is InChI=1S/C17H20FN9O/c1-20-16(28)15-12(24-10-17(18)2-4-21-5-3-17)6-13(26-27-15)25-14-9-22-11(7-19)8-23-14/h6,8-9,21H,2-5,10H2,1H3,(H,20,28)(H2,23,24,25,26). The molecule has 1 amide bonds. The fraction of sp³-hybridized carbons (Fsp3) is 0.412. The van der Waals surface area contributed by atoms with Crippen molar-refractivity contribution in [3.05, 3.63) is 29.8 Å². The number of amides is 1. The van der Waals surface area contributed by atoms with Crippen LogP contribution in [0.15, 0.2) is 18.5 Å². The number of nitrogens with one attached hydrogen (secondary N) is 4. The van der Waals surface area contributed by atoms with Crippen LogP contribution in [0.4, 0.5) is 21.7 Å². The number of carbonyl (C=O) groups is 1. The highest BCUT2D eigenvalue weighted by molar-refractivity contribution is 5.97. The van der Waals surface area contributed by atoms with Crippen LogP contribution >= 0.6 is 0 Å². The third-order valence-corrected chi connectivity index (χ3v) is 4.35. The van der Waals surface area contributed by atoms with Gasteiger partial charge in [0, 0.05) is 19.7 Å². The van der Waals surface area contributed by atoms with Crippen molar-refractivity contribution >= 4 is 23.2 Å². The van der Waals surface area contributed by atoms with Crippen LogP contribution in [-0.4, -0.2) is 58.4 Å². The molecule has 146 valence electrons. The molecule has 0 aliphatic carbocycles. The van der Waals surface area contributed by atoms with Crippen molar-refractivity contribution < 1.29 is 9.18 Å². The molecule has 0 spiro atoms. The molecule has 0 unspecified atom stereocenters. The van der Waals surface area contributed by atoms with Crippen LogP contribution in [0.3, 0.4) is 0 Å². The molecule has 0 aromatic carbocycles. The number of nitrogens with zero attached hydrogens (tertiary/aromatic N) is 5. The van der Waals surface area contributed by atoms with Crippen LogP contribution in [-0.2, 0) is 0 Å². The molecule has 10 nitrogen and oxygen atoms in total. The van der Waals surface area contributed by atoms with E-state index in [2.05, 4.69) is 41.4 Å². The molecule has 3 rings (SSSR count). The maximum atomic E-state index is 14.9. The Kier molecular flexibility index (Phi) is 5.90. The number of carbonyl (C=O) groups excluding carboxylic acids is 1. The molecule has 2 aromatic heterocycles. The Hall–Kier alpha value is -3.39. The third kappa shape index (κ3) is 4.66. The van der Waals surface area contributed by atoms with Gasteiger partial charge in [-0.15, -0.1) is 10.2 Å². The SMILES string of the molecule is CNC(=O)c1nnc(Nc2cnc(C#N)cn2)cc1NCC1(F)CCNCC1. The number of anilines is 3. The van der Waals surface area contributed by atoms with Gasteiger partial charge in [0.1, 0.15) is 17.6 Å². The maximum absolute atomic E-state index is 14.9. The number of hydrogen-bond donors (Lipinski definition) is 4. The zero-order valence-corrected chi connectivity index (χ0v) is 15.3. The summed E-state index contributed by atoms with van der Waals surface area (Å²) < 4.78 is 14.9. The van der Waals surface area contributed by atoms with E-state index in [1.165, 1.54) is 19.4 Å². The summed E-state index contributed by atoms with van der Waals surface area (Å²) in [4.78, 5) is 20.0. The van der Waals surface area contributed by atoms with Gasteiger partial charge in [-0.3, -0.25) is 4.79 Å². The van der Waals surface area contributed by atoms with E-state index in [1.54, 1.807) is 6.07 Å². The second-order valence-electron chi connectivity index (χ2n) is 6.35. The fourth-order valence-corrected chi connectivity index (χ4v) is 2.76. The monoisotopic (exact) mass is 385 g/mol. The first kappa shape index (κ1) is 19.4. The van der Waals surface area contributed by atoms with Gasteiger partial charge in [0.15, 0.2) is 17.2 Å². The summed E-state index contributed by atoms with van der Waals surface area (Å²) in [6, 6.07) is 3.44. The van der Waals surface area contributed by atoms with Crippen LogP contribution in [0, 0.1) is 11.3 Å². The lowest BCUT2D eigenvalue weighted by Gasteiger charge is -2.30. The van der Waals surface area contributed by atoms with Gasteiger partial charge >= 0.3 is 0 Å². The number of piperidine rings is 1. The van der Waals surface area contributed by atoms with Crippen LogP contribution in [0.1, 0.15) is 29.0 Å². The first-order valence-corrected chi connectivity index (χ1v) is 8.75. The minimum Gasteiger partial charge on any atom is -0.380 e. The number of hydrogen-bond acceptors (Lipinski definition) is 9. The molecule has 0 radical (unpaired) electrons. The Bertz CT molecular complexity index is 875. The summed E-state index contributed by atoms with van der Waals surface area (Å²) in [5.74, 6) is 0.220. The molecule has 3 heterocycles. The molecular weight excluding hydrogens is 365 g/mol. The highest BCUT2D eigenvalue weighted by atomic mass is 19.1. The molecule has 0 saturated carbocycles. The number of nitriles is 1. The summed E-state index contributed by atoms with van der Waals surface area (Å²) in [7, 11) is 1.48. The molecule has 4 N–H and O–H groups in total. The number of rotatable bonds is 6. The normalized spacial score (nSPS) is 15.3. The lowest BCUT2D eigenvalue weighted by Crippen LogP contribution is -2.43. The second-order valence-corrected chi connectivity index (χ2v) is 6.35. The predicted molar refractivity (Wildman–Crippen MR) is 99.9 cm³/mol. The van der Waals surface area contributed by atoms with E-state index in [-0.39, 0.29) is 17.9 Å². The summed E-state index contributed by atoms with van der Waals surface area (Å²) in [5.41, 5.74) is -0.754. The lowest BCUT2D eigenvalue weighted by molar-refractivity contribution is 0.0957. The molecule has 11 heteroatoms. The van der Waals surface area contributed by atoms with Crippen molar-refractivity contribution in [2.24, 2.45) is 0 Å². The van der Waals surface area contributed by atoms with Crippen molar-refractivity contribution in [3.63, 3.8) is 0 Å². The number of alkyl halides is 1. The summed E-state index contributed by atoms with van der Waals surface area (Å²) in [6.45, 7) is 1.28. The summed E-state index contributed by atoms with van der Waals surface area (Å²) >= 11 is 0. The average molecular weight is 385 g/mol. The van der Waals surface area contributed by atoms with Gasteiger partial charge in [-0.25, -0.2) is 14.4 Å². The van der Waals surface area contributed by atoms with E-state index in [0.29, 0.717) is 43.3 Å². The first-order chi connectivity index (χ1) is 13.5. The van der Waals surface area contributed by atoms with Crippen LogP contribution in [0.2, 0.25) is 0 Å². The molecule has 1 aliphatic rings.